The zero-order chi connectivity index (χ0) is 12.7. The fraction of sp³-hybridized carbons (Fsp3) is 0.615. The lowest BCUT2D eigenvalue weighted by atomic mass is 10.2. The smallest absolute Gasteiger partial charge is 0.213 e. The molecule has 96 valence electrons. The molecule has 1 unspecified atom stereocenters. The van der Waals surface area contributed by atoms with E-state index < -0.39 is 0 Å². The van der Waals surface area contributed by atoms with Crippen molar-refractivity contribution in [3.05, 3.63) is 23.9 Å². The fourth-order valence-electron chi connectivity index (χ4n) is 1.57. The molecule has 0 radical (unpaired) electrons. The largest absolute Gasteiger partial charge is 0.476 e. The highest BCUT2D eigenvalue weighted by Crippen LogP contribution is 2.12. The zero-order valence-corrected chi connectivity index (χ0v) is 11.0. The molecule has 0 fully saturated rings. The number of nitrogens with two attached hydrogens (primary N) is 1. The van der Waals surface area contributed by atoms with E-state index in [0.29, 0.717) is 12.5 Å². The molecule has 0 bridgehead atoms. The lowest BCUT2D eigenvalue weighted by molar-refractivity contribution is 0.218. The summed E-state index contributed by atoms with van der Waals surface area (Å²) in [6.07, 6.45) is 1.78. The number of hydrogen-bond donors (Lipinski definition) is 1. The van der Waals surface area contributed by atoms with Crippen molar-refractivity contribution in [3.63, 3.8) is 0 Å². The Hall–Kier alpha value is -1.13. The van der Waals surface area contributed by atoms with Gasteiger partial charge in [-0.05, 0) is 25.6 Å². The quantitative estimate of drug-likeness (QED) is 0.786. The summed E-state index contributed by atoms with van der Waals surface area (Å²) in [5.41, 5.74) is 6.78. The molecular formula is C13H23N3O. The van der Waals surface area contributed by atoms with Crippen molar-refractivity contribution in [2.75, 3.05) is 26.2 Å². The molecule has 1 atom stereocenters. The molecule has 1 aromatic rings. The Labute approximate surface area is 104 Å². The van der Waals surface area contributed by atoms with Gasteiger partial charge in [0.25, 0.3) is 0 Å². The van der Waals surface area contributed by atoms with Crippen LogP contribution in [0, 0.1) is 0 Å². The van der Waals surface area contributed by atoms with Gasteiger partial charge in [0, 0.05) is 24.8 Å². The molecule has 4 heteroatoms. The van der Waals surface area contributed by atoms with Crippen molar-refractivity contribution in [1.29, 1.82) is 0 Å². The Balaban J connectivity index is 2.37. The third-order valence-electron chi connectivity index (χ3n) is 2.84. The van der Waals surface area contributed by atoms with Crippen molar-refractivity contribution in [2.24, 2.45) is 5.73 Å². The topological polar surface area (TPSA) is 51.4 Å². The molecule has 2 N–H and O–H groups in total. The van der Waals surface area contributed by atoms with Gasteiger partial charge in [-0.1, -0.05) is 19.9 Å². The van der Waals surface area contributed by atoms with Crippen LogP contribution in [0.3, 0.4) is 0 Å². The van der Waals surface area contributed by atoms with Gasteiger partial charge in [0.05, 0.1) is 0 Å². The number of likely N-dealkylation sites (N-methyl/N-ethyl adjacent to an activating group) is 1. The summed E-state index contributed by atoms with van der Waals surface area (Å²) in [6.45, 7) is 9.96. The summed E-state index contributed by atoms with van der Waals surface area (Å²) in [5, 5.41) is 0. The molecule has 0 amide bonds. The number of nitrogens with zero attached hydrogens (tertiary/aromatic N) is 2. The molecule has 0 saturated carbocycles. The van der Waals surface area contributed by atoms with E-state index in [1.807, 2.05) is 19.1 Å². The van der Waals surface area contributed by atoms with Crippen LogP contribution in [0.25, 0.3) is 0 Å². The minimum Gasteiger partial charge on any atom is -0.476 e. The van der Waals surface area contributed by atoms with E-state index in [1.54, 1.807) is 6.20 Å². The predicted molar refractivity (Wildman–Crippen MR) is 70.1 cm³/mol. The zero-order valence-electron chi connectivity index (χ0n) is 11.0. The van der Waals surface area contributed by atoms with Gasteiger partial charge < -0.3 is 15.4 Å². The third kappa shape index (κ3) is 4.71. The van der Waals surface area contributed by atoms with Crippen LogP contribution in [0.1, 0.15) is 32.4 Å². The van der Waals surface area contributed by atoms with E-state index in [1.165, 1.54) is 0 Å². The molecule has 0 saturated heterocycles. The van der Waals surface area contributed by atoms with Crippen LogP contribution in [0.15, 0.2) is 18.3 Å². The minimum absolute atomic E-state index is 0.0206. The monoisotopic (exact) mass is 237 g/mol. The van der Waals surface area contributed by atoms with Crippen LogP contribution in [-0.4, -0.2) is 36.1 Å². The van der Waals surface area contributed by atoms with Gasteiger partial charge in [-0.15, -0.1) is 0 Å². The first-order chi connectivity index (χ1) is 8.17. The van der Waals surface area contributed by atoms with Crippen molar-refractivity contribution >= 4 is 0 Å². The summed E-state index contributed by atoms with van der Waals surface area (Å²) in [4.78, 5) is 6.54. The second-order valence-electron chi connectivity index (χ2n) is 4.09. The van der Waals surface area contributed by atoms with Gasteiger partial charge >= 0.3 is 0 Å². The first kappa shape index (κ1) is 13.9. The molecule has 17 heavy (non-hydrogen) atoms. The summed E-state index contributed by atoms with van der Waals surface area (Å²) in [7, 11) is 0. The number of ether oxygens (including phenoxy) is 1. The summed E-state index contributed by atoms with van der Waals surface area (Å²) < 4.78 is 5.58. The van der Waals surface area contributed by atoms with Crippen LogP contribution in [0.4, 0.5) is 0 Å². The molecule has 1 heterocycles. The van der Waals surface area contributed by atoms with Gasteiger partial charge in [0.2, 0.25) is 5.88 Å². The SMILES string of the molecule is CCN(CC)CCOc1ccc(C(C)N)cn1. The molecule has 0 aliphatic heterocycles. The Morgan fingerprint density at radius 2 is 2.06 bits per heavy atom. The van der Waals surface area contributed by atoms with E-state index in [9.17, 15) is 0 Å². The lowest BCUT2D eigenvalue weighted by Gasteiger charge is -2.17. The predicted octanol–water partition coefficient (Wildman–Crippen LogP) is 1.82. The van der Waals surface area contributed by atoms with E-state index in [0.717, 1.165) is 25.2 Å². The van der Waals surface area contributed by atoms with Gasteiger partial charge in [-0.3, -0.25) is 0 Å². The average molecular weight is 237 g/mol. The number of pyridine rings is 1. The first-order valence-corrected chi connectivity index (χ1v) is 6.24. The van der Waals surface area contributed by atoms with Gasteiger partial charge in [0.15, 0.2) is 0 Å². The van der Waals surface area contributed by atoms with Gasteiger partial charge in [-0.25, -0.2) is 4.98 Å². The van der Waals surface area contributed by atoms with Crippen LogP contribution in [-0.2, 0) is 0 Å². The first-order valence-electron chi connectivity index (χ1n) is 6.24. The van der Waals surface area contributed by atoms with Crippen molar-refractivity contribution < 1.29 is 4.74 Å². The molecule has 0 spiro atoms. The summed E-state index contributed by atoms with van der Waals surface area (Å²) >= 11 is 0. The second-order valence-corrected chi connectivity index (χ2v) is 4.09. The molecule has 0 aliphatic carbocycles. The Bertz CT molecular complexity index is 307. The molecular weight excluding hydrogens is 214 g/mol. The van der Waals surface area contributed by atoms with E-state index >= 15 is 0 Å². The summed E-state index contributed by atoms with van der Waals surface area (Å²) in [5.74, 6) is 0.668. The lowest BCUT2D eigenvalue weighted by Crippen LogP contribution is -2.28. The standard InChI is InChI=1S/C13H23N3O/c1-4-16(5-2)8-9-17-13-7-6-12(10-15-13)11(3)14/h6-7,10-11H,4-5,8-9,14H2,1-3H3. The fourth-order valence-corrected chi connectivity index (χ4v) is 1.57. The number of hydrogen-bond acceptors (Lipinski definition) is 4. The minimum atomic E-state index is 0.0206. The van der Waals surface area contributed by atoms with Crippen LogP contribution < -0.4 is 10.5 Å². The molecule has 1 aromatic heterocycles. The van der Waals surface area contributed by atoms with Gasteiger partial charge in [0.1, 0.15) is 6.61 Å². The highest BCUT2D eigenvalue weighted by atomic mass is 16.5. The maximum absolute atomic E-state index is 5.75. The third-order valence-corrected chi connectivity index (χ3v) is 2.84. The Morgan fingerprint density at radius 1 is 1.35 bits per heavy atom. The van der Waals surface area contributed by atoms with Crippen molar-refractivity contribution in [1.82, 2.24) is 9.88 Å². The molecule has 0 aromatic carbocycles. The van der Waals surface area contributed by atoms with Crippen LogP contribution in [0.5, 0.6) is 5.88 Å². The summed E-state index contributed by atoms with van der Waals surface area (Å²) in [6, 6.07) is 3.86. The van der Waals surface area contributed by atoms with Gasteiger partial charge in [-0.2, -0.15) is 0 Å². The van der Waals surface area contributed by atoms with Crippen LogP contribution >= 0.6 is 0 Å². The molecule has 0 aliphatic rings. The highest BCUT2D eigenvalue weighted by molar-refractivity contribution is 5.19. The van der Waals surface area contributed by atoms with E-state index in [-0.39, 0.29) is 6.04 Å². The maximum atomic E-state index is 5.75. The van der Waals surface area contributed by atoms with E-state index in [4.69, 9.17) is 10.5 Å². The van der Waals surface area contributed by atoms with Crippen LogP contribution in [0.2, 0.25) is 0 Å². The Kier molecular flexibility index (Phi) is 5.94. The Morgan fingerprint density at radius 3 is 2.53 bits per heavy atom. The average Bonchev–Trinajstić information content (AvgIpc) is 2.35. The van der Waals surface area contributed by atoms with Crippen molar-refractivity contribution in [2.45, 2.75) is 26.8 Å². The normalized spacial score (nSPS) is 12.8. The van der Waals surface area contributed by atoms with Crippen molar-refractivity contribution in [3.8, 4) is 5.88 Å². The number of aromatic nitrogens is 1. The number of rotatable bonds is 7. The van der Waals surface area contributed by atoms with E-state index in [2.05, 4.69) is 23.7 Å². The molecule has 4 nitrogen and oxygen atoms in total. The molecule has 1 rings (SSSR count). The maximum Gasteiger partial charge on any atom is 0.213 e. The second kappa shape index (κ2) is 7.25. The highest BCUT2D eigenvalue weighted by Gasteiger charge is 2.02.